The molecule has 2 aliphatic heterocycles. The molecule has 30 heavy (non-hydrogen) atoms. The second-order valence-corrected chi connectivity index (χ2v) is 8.03. The van der Waals surface area contributed by atoms with E-state index >= 15 is 0 Å². The average molecular weight is 414 g/mol. The zero-order chi connectivity index (χ0) is 20.6. The topological polar surface area (TPSA) is 83.7 Å². The van der Waals surface area contributed by atoms with Crippen LogP contribution in [0.3, 0.4) is 0 Å². The molecule has 0 unspecified atom stereocenters. The number of amides is 1. The summed E-state index contributed by atoms with van der Waals surface area (Å²) in [6.07, 6.45) is 2.73. The number of nitrogens with zero attached hydrogens (tertiary/aromatic N) is 4. The molecule has 0 aliphatic carbocycles. The maximum absolute atomic E-state index is 12.5. The fourth-order valence-corrected chi connectivity index (χ4v) is 4.05. The Morgan fingerprint density at radius 3 is 2.60 bits per heavy atom. The number of nitrogens with one attached hydrogen (secondary N) is 1. The second kappa shape index (κ2) is 10.7. The minimum atomic E-state index is 0.104. The number of benzene rings is 1. The third kappa shape index (κ3) is 5.87. The van der Waals surface area contributed by atoms with Gasteiger partial charge in [-0.15, -0.1) is 0 Å². The lowest BCUT2D eigenvalue weighted by Gasteiger charge is -2.30. The van der Waals surface area contributed by atoms with Crippen LogP contribution in [0.25, 0.3) is 11.4 Å². The van der Waals surface area contributed by atoms with Crippen LogP contribution < -0.4 is 5.32 Å². The Morgan fingerprint density at radius 1 is 1.07 bits per heavy atom. The molecule has 1 aromatic heterocycles. The molecule has 0 spiro atoms. The lowest BCUT2D eigenvalue weighted by atomic mass is 9.96. The summed E-state index contributed by atoms with van der Waals surface area (Å²) in [4.78, 5) is 21.7. The van der Waals surface area contributed by atoms with E-state index in [9.17, 15) is 4.79 Å². The number of hydrogen-bond donors (Lipinski definition) is 1. The minimum Gasteiger partial charge on any atom is -0.379 e. The van der Waals surface area contributed by atoms with Crippen molar-refractivity contribution in [1.29, 1.82) is 0 Å². The standard InChI is InChI=1S/C22H31N5O3/c28-22(23-9-4-10-26-13-15-29-16-14-26)19-7-11-27(12-8-19)17-20-24-21(25-30-20)18-5-2-1-3-6-18/h1-3,5-6,19H,4,7-17H2,(H,23,28). The van der Waals surface area contributed by atoms with Gasteiger partial charge in [0, 0.05) is 31.1 Å². The molecule has 3 heterocycles. The van der Waals surface area contributed by atoms with Gasteiger partial charge in [0.05, 0.1) is 19.8 Å². The van der Waals surface area contributed by atoms with Gasteiger partial charge in [-0.3, -0.25) is 14.6 Å². The molecule has 4 rings (SSSR count). The van der Waals surface area contributed by atoms with Crippen molar-refractivity contribution >= 4 is 5.91 Å². The van der Waals surface area contributed by atoms with E-state index in [0.29, 0.717) is 18.3 Å². The van der Waals surface area contributed by atoms with E-state index < -0.39 is 0 Å². The van der Waals surface area contributed by atoms with Crippen LogP contribution in [-0.4, -0.2) is 78.3 Å². The Labute approximate surface area is 177 Å². The minimum absolute atomic E-state index is 0.104. The molecule has 1 N–H and O–H groups in total. The van der Waals surface area contributed by atoms with Gasteiger partial charge < -0.3 is 14.6 Å². The van der Waals surface area contributed by atoms with Gasteiger partial charge in [0.25, 0.3) is 0 Å². The highest BCUT2D eigenvalue weighted by Crippen LogP contribution is 2.20. The molecular formula is C22H31N5O3. The van der Waals surface area contributed by atoms with Crippen molar-refractivity contribution in [2.45, 2.75) is 25.8 Å². The fourth-order valence-electron chi connectivity index (χ4n) is 4.05. The summed E-state index contributed by atoms with van der Waals surface area (Å²) in [5.74, 6) is 1.55. The largest absolute Gasteiger partial charge is 0.379 e. The van der Waals surface area contributed by atoms with E-state index in [0.717, 1.165) is 77.3 Å². The van der Waals surface area contributed by atoms with Crippen LogP contribution in [0.4, 0.5) is 0 Å². The highest BCUT2D eigenvalue weighted by Gasteiger charge is 2.25. The summed E-state index contributed by atoms with van der Waals surface area (Å²) in [6, 6.07) is 9.84. The highest BCUT2D eigenvalue weighted by molar-refractivity contribution is 5.78. The van der Waals surface area contributed by atoms with Gasteiger partial charge in [-0.25, -0.2) is 0 Å². The maximum Gasteiger partial charge on any atom is 0.241 e. The Bertz CT molecular complexity index is 783. The SMILES string of the molecule is O=C(NCCCN1CCOCC1)C1CCN(Cc2nc(-c3ccccc3)no2)CC1. The summed E-state index contributed by atoms with van der Waals surface area (Å²) >= 11 is 0. The highest BCUT2D eigenvalue weighted by atomic mass is 16.5. The molecular weight excluding hydrogens is 382 g/mol. The molecule has 2 saturated heterocycles. The van der Waals surface area contributed by atoms with Crippen LogP contribution in [0, 0.1) is 5.92 Å². The number of aromatic nitrogens is 2. The molecule has 0 atom stereocenters. The predicted octanol–water partition coefficient (Wildman–Crippen LogP) is 1.79. The molecule has 1 amide bonds. The molecule has 8 heteroatoms. The summed E-state index contributed by atoms with van der Waals surface area (Å²) in [6.45, 7) is 7.79. The molecule has 0 bridgehead atoms. The van der Waals surface area contributed by atoms with E-state index in [1.165, 1.54) is 0 Å². The number of carbonyl (C=O) groups is 1. The third-order valence-electron chi connectivity index (χ3n) is 5.87. The van der Waals surface area contributed by atoms with E-state index in [1.807, 2.05) is 30.3 Å². The van der Waals surface area contributed by atoms with Gasteiger partial charge in [-0.05, 0) is 38.9 Å². The first-order valence-electron chi connectivity index (χ1n) is 11.0. The Hall–Kier alpha value is -2.29. The molecule has 1 aromatic carbocycles. The van der Waals surface area contributed by atoms with Crippen molar-refractivity contribution in [2.24, 2.45) is 5.92 Å². The van der Waals surface area contributed by atoms with Crippen molar-refractivity contribution in [3.05, 3.63) is 36.2 Å². The maximum atomic E-state index is 12.5. The fraction of sp³-hybridized carbons (Fsp3) is 0.591. The van der Waals surface area contributed by atoms with Crippen LogP contribution in [0.5, 0.6) is 0 Å². The summed E-state index contributed by atoms with van der Waals surface area (Å²) in [5, 5.41) is 7.21. The van der Waals surface area contributed by atoms with Gasteiger partial charge in [0.15, 0.2) is 0 Å². The van der Waals surface area contributed by atoms with Gasteiger partial charge >= 0.3 is 0 Å². The molecule has 2 aromatic rings. The van der Waals surface area contributed by atoms with Gasteiger partial charge in [0.2, 0.25) is 17.6 Å². The van der Waals surface area contributed by atoms with Crippen molar-refractivity contribution in [2.75, 3.05) is 52.5 Å². The first kappa shape index (κ1) is 21.0. The van der Waals surface area contributed by atoms with Crippen molar-refractivity contribution in [1.82, 2.24) is 25.3 Å². The second-order valence-electron chi connectivity index (χ2n) is 8.03. The van der Waals surface area contributed by atoms with Crippen molar-refractivity contribution in [3.63, 3.8) is 0 Å². The molecule has 162 valence electrons. The lowest BCUT2D eigenvalue weighted by molar-refractivity contribution is -0.126. The zero-order valence-electron chi connectivity index (χ0n) is 17.5. The number of carbonyl (C=O) groups excluding carboxylic acids is 1. The van der Waals surface area contributed by atoms with E-state index in [-0.39, 0.29) is 11.8 Å². The first-order valence-corrected chi connectivity index (χ1v) is 11.0. The smallest absolute Gasteiger partial charge is 0.241 e. The molecule has 0 saturated carbocycles. The predicted molar refractivity (Wildman–Crippen MR) is 113 cm³/mol. The Balaban J connectivity index is 1.14. The first-order chi connectivity index (χ1) is 14.8. The van der Waals surface area contributed by atoms with E-state index in [2.05, 4.69) is 25.3 Å². The van der Waals surface area contributed by atoms with Gasteiger partial charge in [0.1, 0.15) is 0 Å². The number of hydrogen-bond acceptors (Lipinski definition) is 7. The van der Waals surface area contributed by atoms with Crippen LogP contribution in [0.2, 0.25) is 0 Å². The van der Waals surface area contributed by atoms with Crippen LogP contribution in [0.15, 0.2) is 34.9 Å². The molecule has 2 aliphatic rings. The number of morpholine rings is 1. The van der Waals surface area contributed by atoms with Crippen LogP contribution in [-0.2, 0) is 16.1 Å². The summed E-state index contributed by atoms with van der Waals surface area (Å²) in [7, 11) is 0. The average Bonchev–Trinajstić information content (AvgIpc) is 3.27. The number of ether oxygens (including phenoxy) is 1. The Morgan fingerprint density at radius 2 is 1.83 bits per heavy atom. The molecule has 0 radical (unpaired) electrons. The quantitative estimate of drug-likeness (QED) is 0.661. The normalized spacial score (nSPS) is 19.1. The molecule has 8 nitrogen and oxygen atoms in total. The monoisotopic (exact) mass is 413 g/mol. The number of piperidine rings is 1. The zero-order valence-corrected chi connectivity index (χ0v) is 17.5. The molecule has 2 fully saturated rings. The number of rotatable bonds is 8. The number of likely N-dealkylation sites (tertiary alicyclic amines) is 1. The third-order valence-corrected chi connectivity index (χ3v) is 5.87. The van der Waals surface area contributed by atoms with E-state index in [1.54, 1.807) is 0 Å². The lowest BCUT2D eigenvalue weighted by Crippen LogP contribution is -2.41. The van der Waals surface area contributed by atoms with Crippen LogP contribution in [0.1, 0.15) is 25.2 Å². The van der Waals surface area contributed by atoms with E-state index in [4.69, 9.17) is 9.26 Å². The Kier molecular flexibility index (Phi) is 7.44. The van der Waals surface area contributed by atoms with Crippen LogP contribution >= 0.6 is 0 Å². The van der Waals surface area contributed by atoms with Crippen molar-refractivity contribution < 1.29 is 14.1 Å². The summed E-state index contributed by atoms with van der Waals surface area (Å²) in [5.41, 5.74) is 0.955. The summed E-state index contributed by atoms with van der Waals surface area (Å²) < 4.78 is 10.8. The van der Waals surface area contributed by atoms with Gasteiger partial charge in [-0.2, -0.15) is 4.98 Å². The van der Waals surface area contributed by atoms with Gasteiger partial charge in [-0.1, -0.05) is 35.5 Å². The van der Waals surface area contributed by atoms with Crippen molar-refractivity contribution in [3.8, 4) is 11.4 Å².